The number of aliphatic carboxylic acids is 2. The minimum Gasteiger partial charge on any atom is -0.547 e. The van der Waals surface area contributed by atoms with E-state index in [1.807, 2.05) is 0 Å². The van der Waals surface area contributed by atoms with Crippen molar-refractivity contribution in [3.8, 4) is 0 Å². The van der Waals surface area contributed by atoms with E-state index in [-0.39, 0.29) is 62.1 Å². The van der Waals surface area contributed by atoms with E-state index in [1.165, 1.54) is 0 Å². The van der Waals surface area contributed by atoms with Crippen molar-refractivity contribution in [3.63, 3.8) is 0 Å². The van der Waals surface area contributed by atoms with Crippen LogP contribution in [0.25, 0.3) is 0 Å². The van der Waals surface area contributed by atoms with Crippen LogP contribution in [-0.2, 0) is 28.5 Å². The first kappa shape index (κ1) is 21.4. The Hall–Kier alpha value is 0.351. The SMILES string of the molecule is CC1(C)OCC(C(=O)[O-])O1.CC1(C)OCC(C(=O)[O-])O1.[Ba+2]. The summed E-state index contributed by atoms with van der Waals surface area (Å²) in [5.74, 6) is -3.98. The molecule has 116 valence electrons. The van der Waals surface area contributed by atoms with Crippen LogP contribution >= 0.6 is 0 Å². The third-order valence-electron chi connectivity index (χ3n) is 2.54. The van der Waals surface area contributed by atoms with Gasteiger partial charge in [0, 0.05) is 0 Å². The summed E-state index contributed by atoms with van der Waals surface area (Å²) in [5, 5.41) is 20.3. The second-order valence-corrected chi connectivity index (χ2v) is 5.27. The molecule has 21 heavy (non-hydrogen) atoms. The molecule has 2 heterocycles. The molecule has 2 atom stereocenters. The van der Waals surface area contributed by atoms with Gasteiger partial charge in [0.1, 0.15) is 12.2 Å². The third-order valence-corrected chi connectivity index (χ3v) is 2.54. The Bertz CT molecular complexity index is 345. The molecular formula is C12H18BaO8. The molecule has 0 radical (unpaired) electrons. The van der Waals surface area contributed by atoms with Gasteiger partial charge in [0.2, 0.25) is 0 Å². The van der Waals surface area contributed by atoms with E-state index in [2.05, 4.69) is 0 Å². The van der Waals surface area contributed by atoms with Gasteiger partial charge in [-0.2, -0.15) is 0 Å². The number of hydrogen-bond acceptors (Lipinski definition) is 8. The van der Waals surface area contributed by atoms with E-state index in [9.17, 15) is 19.8 Å². The van der Waals surface area contributed by atoms with Crippen LogP contribution in [0.2, 0.25) is 0 Å². The molecule has 0 aliphatic carbocycles. The summed E-state index contributed by atoms with van der Waals surface area (Å²) >= 11 is 0. The zero-order valence-corrected chi connectivity index (χ0v) is 17.0. The van der Waals surface area contributed by atoms with Crippen molar-refractivity contribution in [2.75, 3.05) is 13.2 Å². The van der Waals surface area contributed by atoms with Crippen LogP contribution in [0.5, 0.6) is 0 Å². The summed E-state index contributed by atoms with van der Waals surface area (Å²) in [7, 11) is 0. The molecule has 0 aromatic heterocycles. The molecule has 0 aromatic rings. The van der Waals surface area contributed by atoms with Crippen molar-refractivity contribution in [3.05, 3.63) is 0 Å². The van der Waals surface area contributed by atoms with Gasteiger partial charge in [-0.15, -0.1) is 0 Å². The largest absolute Gasteiger partial charge is 2.00 e. The van der Waals surface area contributed by atoms with Crippen LogP contribution in [0.4, 0.5) is 0 Å². The summed E-state index contributed by atoms with van der Waals surface area (Å²) in [6.45, 7) is 6.81. The number of hydrogen-bond donors (Lipinski definition) is 0. The Morgan fingerprint density at radius 3 is 1.24 bits per heavy atom. The maximum Gasteiger partial charge on any atom is 2.00 e. The molecule has 2 unspecified atom stereocenters. The predicted molar refractivity (Wildman–Crippen MR) is 65.6 cm³/mol. The molecule has 8 nitrogen and oxygen atoms in total. The fourth-order valence-corrected chi connectivity index (χ4v) is 1.61. The normalized spacial score (nSPS) is 29.0. The molecule has 0 N–H and O–H groups in total. The molecule has 9 heteroatoms. The fraction of sp³-hybridized carbons (Fsp3) is 0.833. The fourth-order valence-electron chi connectivity index (χ4n) is 1.61. The number of carbonyl (C=O) groups excluding carboxylic acids is 2. The molecule has 0 aromatic carbocycles. The standard InChI is InChI=1S/2C6H10O4.Ba/c2*1-6(2)9-3-4(10-6)5(7)8;/h2*4H,3H2,1-2H3,(H,7,8);/q;;+2/p-2. The maximum atomic E-state index is 10.2. The number of carbonyl (C=O) groups is 2. The number of ether oxygens (including phenoxy) is 4. The van der Waals surface area contributed by atoms with E-state index in [1.54, 1.807) is 27.7 Å². The van der Waals surface area contributed by atoms with Crippen LogP contribution < -0.4 is 10.2 Å². The smallest absolute Gasteiger partial charge is 0.547 e. The molecule has 2 rings (SSSR count). The van der Waals surface area contributed by atoms with Crippen molar-refractivity contribution < 1.29 is 38.7 Å². The molecule has 2 saturated heterocycles. The zero-order valence-electron chi connectivity index (χ0n) is 12.5. The molecule has 0 spiro atoms. The van der Waals surface area contributed by atoms with E-state index < -0.39 is 35.7 Å². The van der Waals surface area contributed by atoms with E-state index >= 15 is 0 Å². The zero-order chi connectivity index (χ0) is 15.6. The molecule has 0 bridgehead atoms. The Morgan fingerprint density at radius 2 is 1.14 bits per heavy atom. The summed E-state index contributed by atoms with van der Waals surface area (Å²) in [5.41, 5.74) is 0. The molecule has 2 fully saturated rings. The van der Waals surface area contributed by atoms with Gasteiger partial charge in [0.25, 0.3) is 0 Å². The second-order valence-electron chi connectivity index (χ2n) is 5.27. The van der Waals surface area contributed by atoms with E-state index in [0.29, 0.717) is 0 Å². The van der Waals surface area contributed by atoms with Gasteiger partial charge in [-0.05, 0) is 27.7 Å². The Kier molecular flexibility index (Phi) is 8.41. The molecule has 2 aliphatic heterocycles. The van der Waals surface area contributed by atoms with Crippen LogP contribution in [-0.4, -0.2) is 97.8 Å². The number of rotatable bonds is 2. The summed E-state index contributed by atoms with van der Waals surface area (Å²) in [6.07, 6.45) is -1.81. The second kappa shape index (κ2) is 8.27. The number of carboxylic acid groups (broad SMARTS) is 2. The predicted octanol–water partition coefficient (Wildman–Crippen LogP) is -2.61. The van der Waals surface area contributed by atoms with Crippen molar-refractivity contribution >= 4 is 60.8 Å². The van der Waals surface area contributed by atoms with Crippen molar-refractivity contribution in [2.24, 2.45) is 0 Å². The Morgan fingerprint density at radius 1 is 0.857 bits per heavy atom. The Balaban J connectivity index is 0.000000364. The maximum absolute atomic E-state index is 10.2. The summed E-state index contributed by atoms with van der Waals surface area (Å²) in [4.78, 5) is 20.3. The third kappa shape index (κ3) is 7.44. The quantitative estimate of drug-likeness (QED) is 0.440. The van der Waals surface area contributed by atoms with Crippen molar-refractivity contribution in [2.45, 2.75) is 51.5 Å². The summed E-state index contributed by atoms with van der Waals surface area (Å²) in [6, 6.07) is 0. The van der Waals surface area contributed by atoms with Gasteiger partial charge in [0.05, 0.1) is 25.2 Å². The molecule has 0 saturated carbocycles. The van der Waals surface area contributed by atoms with Gasteiger partial charge in [0.15, 0.2) is 11.6 Å². The Labute approximate surface area is 163 Å². The van der Waals surface area contributed by atoms with Crippen LogP contribution in [0.1, 0.15) is 27.7 Å². The van der Waals surface area contributed by atoms with Crippen LogP contribution in [0, 0.1) is 0 Å². The van der Waals surface area contributed by atoms with Gasteiger partial charge in [-0.1, -0.05) is 0 Å². The van der Waals surface area contributed by atoms with E-state index in [4.69, 9.17) is 18.9 Å². The summed E-state index contributed by atoms with van der Waals surface area (Å²) < 4.78 is 19.8. The molecule has 2 aliphatic rings. The molecule has 0 amide bonds. The van der Waals surface area contributed by atoms with Gasteiger partial charge in [-0.3, -0.25) is 0 Å². The molecular weight excluding hydrogens is 409 g/mol. The minimum atomic E-state index is -1.22. The van der Waals surface area contributed by atoms with Gasteiger partial charge < -0.3 is 38.7 Å². The van der Waals surface area contributed by atoms with Crippen molar-refractivity contribution in [1.82, 2.24) is 0 Å². The van der Waals surface area contributed by atoms with Crippen LogP contribution in [0.3, 0.4) is 0 Å². The van der Waals surface area contributed by atoms with Gasteiger partial charge in [-0.25, -0.2) is 0 Å². The number of carboxylic acids is 2. The topological polar surface area (TPSA) is 117 Å². The van der Waals surface area contributed by atoms with Crippen LogP contribution in [0.15, 0.2) is 0 Å². The minimum absolute atomic E-state index is 0. The monoisotopic (exact) mass is 428 g/mol. The average Bonchev–Trinajstić information content (AvgIpc) is 2.82. The first-order valence-electron chi connectivity index (χ1n) is 6.08. The van der Waals surface area contributed by atoms with Gasteiger partial charge >= 0.3 is 48.9 Å². The van der Waals surface area contributed by atoms with E-state index in [0.717, 1.165) is 0 Å². The first-order chi connectivity index (χ1) is 9.02. The van der Waals surface area contributed by atoms with Crippen molar-refractivity contribution in [1.29, 1.82) is 0 Å². The first-order valence-corrected chi connectivity index (χ1v) is 6.08. The average molecular weight is 428 g/mol.